The van der Waals surface area contributed by atoms with Crippen molar-refractivity contribution >= 4 is 11.8 Å². The summed E-state index contributed by atoms with van der Waals surface area (Å²) in [5, 5.41) is 3.56. The van der Waals surface area contributed by atoms with Crippen molar-refractivity contribution in [3.8, 4) is 0 Å². The van der Waals surface area contributed by atoms with E-state index in [1.807, 2.05) is 11.8 Å². The molecule has 0 aliphatic heterocycles. The predicted molar refractivity (Wildman–Crippen MR) is 62.4 cm³/mol. The van der Waals surface area contributed by atoms with Crippen molar-refractivity contribution in [1.29, 1.82) is 0 Å². The molecule has 0 heterocycles. The van der Waals surface area contributed by atoms with Crippen molar-refractivity contribution in [3.63, 3.8) is 0 Å². The Bertz CT molecular complexity index is 127. The first-order valence-electron chi connectivity index (χ1n) is 5.61. The minimum absolute atomic E-state index is 0.974. The highest BCUT2D eigenvalue weighted by Gasteiger charge is 2.20. The second-order valence-corrected chi connectivity index (χ2v) is 5.58. The highest BCUT2D eigenvalue weighted by molar-refractivity contribution is 7.99. The van der Waals surface area contributed by atoms with Gasteiger partial charge in [-0.3, -0.25) is 0 Å². The summed E-state index contributed by atoms with van der Waals surface area (Å²) in [5.74, 6) is 4.49. The Morgan fingerprint density at radius 2 is 2.23 bits per heavy atom. The van der Waals surface area contributed by atoms with E-state index in [4.69, 9.17) is 0 Å². The molecule has 0 radical (unpaired) electrons. The van der Waals surface area contributed by atoms with Crippen LogP contribution in [0.2, 0.25) is 0 Å². The van der Waals surface area contributed by atoms with Gasteiger partial charge in [0.15, 0.2) is 0 Å². The molecule has 0 amide bonds. The zero-order valence-electron chi connectivity index (χ0n) is 9.01. The lowest BCUT2D eigenvalue weighted by Crippen LogP contribution is -2.23. The molecule has 2 atom stereocenters. The lowest BCUT2D eigenvalue weighted by molar-refractivity contribution is 0.479. The average molecular weight is 201 g/mol. The fourth-order valence-corrected chi connectivity index (χ4v) is 2.68. The van der Waals surface area contributed by atoms with Crippen LogP contribution in [0, 0.1) is 11.8 Å². The first kappa shape index (κ1) is 11.4. The Labute approximate surface area is 87.1 Å². The Morgan fingerprint density at radius 3 is 2.85 bits per heavy atom. The second-order valence-electron chi connectivity index (χ2n) is 4.19. The summed E-state index contributed by atoms with van der Waals surface area (Å²) in [4.78, 5) is 0. The van der Waals surface area contributed by atoms with E-state index in [0.29, 0.717) is 0 Å². The molecular weight excluding hydrogens is 178 g/mol. The predicted octanol–water partition coefficient (Wildman–Crippen LogP) is 2.77. The van der Waals surface area contributed by atoms with Crippen molar-refractivity contribution in [1.82, 2.24) is 5.32 Å². The lowest BCUT2D eigenvalue weighted by atomic mass is 10.1. The first-order valence-corrected chi connectivity index (χ1v) is 6.76. The van der Waals surface area contributed by atoms with Crippen LogP contribution < -0.4 is 5.32 Å². The Kier molecular flexibility index (Phi) is 5.88. The second kappa shape index (κ2) is 6.72. The van der Waals surface area contributed by atoms with E-state index >= 15 is 0 Å². The lowest BCUT2D eigenvalue weighted by Gasteiger charge is -2.10. The van der Waals surface area contributed by atoms with Crippen molar-refractivity contribution < 1.29 is 0 Å². The van der Waals surface area contributed by atoms with E-state index in [1.165, 1.54) is 43.9 Å². The zero-order chi connectivity index (χ0) is 9.52. The van der Waals surface area contributed by atoms with Gasteiger partial charge in [-0.15, -0.1) is 0 Å². The molecule has 0 spiro atoms. The van der Waals surface area contributed by atoms with Gasteiger partial charge in [0.25, 0.3) is 0 Å². The molecule has 0 aromatic heterocycles. The molecule has 1 N–H and O–H groups in total. The third-order valence-corrected chi connectivity index (χ3v) is 3.76. The van der Waals surface area contributed by atoms with Gasteiger partial charge in [0.2, 0.25) is 0 Å². The summed E-state index contributed by atoms with van der Waals surface area (Å²) in [6.45, 7) is 7.06. The molecule has 0 aromatic carbocycles. The van der Waals surface area contributed by atoms with Crippen LogP contribution in [0.25, 0.3) is 0 Å². The van der Waals surface area contributed by atoms with E-state index in [2.05, 4.69) is 19.2 Å². The van der Waals surface area contributed by atoms with Crippen LogP contribution in [0.5, 0.6) is 0 Å². The van der Waals surface area contributed by atoms with Crippen LogP contribution in [-0.2, 0) is 0 Å². The first-order chi connectivity index (χ1) is 6.33. The third-order valence-electron chi connectivity index (χ3n) is 2.86. The summed E-state index contributed by atoms with van der Waals surface area (Å²) in [7, 11) is 0. The quantitative estimate of drug-likeness (QED) is 0.663. The van der Waals surface area contributed by atoms with Gasteiger partial charge in [-0.25, -0.2) is 0 Å². The van der Waals surface area contributed by atoms with Crippen molar-refractivity contribution in [3.05, 3.63) is 0 Å². The van der Waals surface area contributed by atoms with E-state index in [-0.39, 0.29) is 0 Å². The fourth-order valence-electron chi connectivity index (χ4n) is 2.11. The van der Waals surface area contributed by atoms with Gasteiger partial charge in [0.1, 0.15) is 0 Å². The van der Waals surface area contributed by atoms with Crippen LogP contribution in [0.1, 0.15) is 33.1 Å². The van der Waals surface area contributed by atoms with E-state index in [0.717, 1.165) is 11.8 Å². The molecule has 1 fully saturated rings. The minimum atomic E-state index is 0.974. The van der Waals surface area contributed by atoms with Gasteiger partial charge >= 0.3 is 0 Å². The average Bonchev–Trinajstić information content (AvgIpc) is 2.51. The van der Waals surface area contributed by atoms with Gasteiger partial charge in [0, 0.05) is 12.3 Å². The maximum atomic E-state index is 3.56. The molecule has 0 saturated heterocycles. The van der Waals surface area contributed by atoms with Crippen molar-refractivity contribution in [2.45, 2.75) is 33.1 Å². The van der Waals surface area contributed by atoms with Crippen LogP contribution in [0.4, 0.5) is 0 Å². The molecule has 1 nitrogen and oxygen atoms in total. The standard InChI is InChI=1S/C11H23NS/c1-3-13-7-6-12-9-11-5-4-10(2)8-11/h10-12H,3-9H2,1-2H3. The molecule has 13 heavy (non-hydrogen) atoms. The van der Waals surface area contributed by atoms with Crippen LogP contribution in [0.3, 0.4) is 0 Å². The molecule has 2 heteroatoms. The number of hydrogen-bond donors (Lipinski definition) is 1. The molecule has 0 bridgehead atoms. The monoisotopic (exact) mass is 201 g/mol. The van der Waals surface area contributed by atoms with Crippen LogP contribution >= 0.6 is 11.8 Å². The number of nitrogens with one attached hydrogen (secondary N) is 1. The van der Waals surface area contributed by atoms with Gasteiger partial charge in [-0.05, 0) is 37.0 Å². The summed E-state index contributed by atoms with van der Waals surface area (Å²) in [6, 6.07) is 0. The Balaban J connectivity index is 1.88. The fraction of sp³-hybridized carbons (Fsp3) is 1.00. The molecule has 1 rings (SSSR count). The molecule has 78 valence electrons. The SMILES string of the molecule is CCSCCNCC1CCC(C)C1. The molecule has 1 saturated carbocycles. The van der Waals surface area contributed by atoms with E-state index < -0.39 is 0 Å². The topological polar surface area (TPSA) is 12.0 Å². The summed E-state index contributed by atoms with van der Waals surface area (Å²) in [5.41, 5.74) is 0. The maximum absolute atomic E-state index is 3.56. The smallest absolute Gasteiger partial charge is 0.00580 e. The van der Waals surface area contributed by atoms with Crippen LogP contribution in [0.15, 0.2) is 0 Å². The number of thioether (sulfide) groups is 1. The van der Waals surface area contributed by atoms with Gasteiger partial charge in [0.05, 0.1) is 0 Å². The molecule has 1 aliphatic rings. The van der Waals surface area contributed by atoms with E-state index in [9.17, 15) is 0 Å². The number of hydrogen-bond acceptors (Lipinski definition) is 2. The Morgan fingerprint density at radius 1 is 1.38 bits per heavy atom. The summed E-state index contributed by atoms with van der Waals surface area (Å²) >= 11 is 2.03. The molecular formula is C11H23NS. The molecule has 1 aliphatic carbocycles. The highest BCUT2D eigenvalue weighted by atomic mass is 32.2. The van der Waals surface area contributed by atoms with Crippen LogP contribution in [-0.4, -0.2) is 24.6 Å². The largest absolute Gasteiger partial charge is 0.316 e. The normalized spacial score (nSPS) is 28.2. The van der Waals surface area contributed by atoms with Crippen molar-refractivity contribution in [2.75, 3.05) is 24.6 Å². The number of rotatable bonds is 6. The summed E-state index contributed by atoms with van der Waals surface area (Å²) in [6.07, 6.45) is 4.36. The van der Waals surface area contributed by atoms with Crippen molar-refractivity contribution in [2.24, 2.45) is 11.8 Å². The molecule has 2 unspecified atom stereocenters. The molecule has 0 aromatic rings. The van der Waals surface area contributed by atoms with Gasteiger partial charge < -0.3 is 5.32 Å². The van der Waals surface area contributed by atoms with Gasteiger partial charge in [-0.1, -0.05) is 20.3 Å². The Hall–Kier alpha value is 0.310. The minimum Gasteiger partial charge on any atom is -0.316 e. The highest BCUT2D eigenvalue weighted by Crippen LogP contribution is 2.29. The third kappa shape index (κ3) is 4.92. The van der Waals surface area contributed by atoms with Gasteiger partial charge in [-0.2, -0.15) is 11.8 Å². The summed E-state index contributed by atoms with van der Waals surface area (Å²) < 4.78 is 0. The van der Waals surface area contributed by atoms with E-state index in [1.54, 1.807) is 0 Å². The maximum Gasteiger partial charge on any atom is 0.00580 e. The zero-order valence-corrected chi connectivity index (χ0v) is 9.83.